The second kappa shape index (κ2) is 10.3. The molecule has 3 aromatic carbocycles. The van der Waals surface area contributed by atoms with E-state index in [1.54, 1.807) is 25.5 Å². The summed E-state index contributed by atoms with van der Waals surface area (Å²) < 4.78 is 5.60. The highest BCUT2D eigenvalue weighted by atomic mass is 35.5. The number of para-hydroxylation sites is 1. The summed E-state index contributed by atoms with van der Waals surface area (Å²) in [5.41, 5.74) is 8.14. The van der Waals surface area contributed by atoms with Crippen LogP contribution in [0.25, 0.3) is 0 Å². The molecule has 3 aromatic rings. The third-order valence-corrected chi connectivity index (χ3v) is 5.80. The molecule has 0 spiro atoms. The van der Waals surface area contributed by atoms with Crippen molar-refractivity contribution >= 4 is 29.4 Å². The molecule has 5 nitrogen and oxygen atoms in total. The molecule has 1 heterocycles. The number of carbonyl (C=O) groups is 1. The van der Waals surface area contributed by atoms with Crippen molar-refractivity contribution in [2.75, 3.05) is 18.6 Å². The molecule has 1 N–H and O–H groups in total. The van der Waals surface area contributed by atoms with Gasteiger partial charge in [-0.1, -0.05) is 41.9 Å². The number of nitrogens with zero attached hydrogens (tertiary/aromatic N) is 2. The quantitative estimate of drug-likeness (QED) is 0.410. The maximum Gasteiger partial charge on any atom is 0.244 e. The number of aryl methyl sites for hydroxylation is 1. The molecule has 164 valence electrons. The van der Waals surface area contributed by atoms with E-state index in [2.05, 4.69) is 45.8 Å². The first-order chi connectivity index (χ1) is 15.6. The van der Waals surface area contributed by atoms with Gasteiger partial charge in [0.2, 0.25) is 5.91 Å². The molecule has 0 saturated carbocycles. The number of hydrogen-bond donors (Lipinski definition) is 1. The van der Waals surface area contributed by atoms with Crippen LogP contribution in [-0.2, 0) is 24.2 Å². The fourth-order valence-electron chi connectivity index (χ4n) is 3.99. The lowest BCUT2D eigenvalue weighted by Crippen LogP contribution is -2.29. The van der Waals surface area contributed by atoms with Gasteiger partial charge in [0.25, 0.3) is 0 Å². The van der Waals surface area contributed by atoms with Crippen molar-refractivity contribution in [3.8, 4) is 5.75 Å². The van der Waals surface area contributed by atoms with Crippen LogP contribution in [0.5, 0.6) is 5.75 Å². The summed E-state index contributed by atoms with van der Waals surface area (Å²) in [6.45, 7) is 1.77. The Morgan fingerprint density at radius 2 is 1.97 bits per heavy atom. The van der Waals surface area contributed by atoms with Crippen LogP contribution in [0.2, 0.25) is 5.02 Å². The third-order valence-electron chi connectivity index (χ3n) is 5.55. The molecule has 1 amide bonds. The Labute approximate surface area is 193 Å². The highest BCUT2D eigenvalue weighted by molar-refractivity contribution is 6.30. The Balaban J connectivity index is 1.43. The first-order valence-electron chi connectivity index (χ1n) is 10.7. The van der Waals surface area contributed by atoms with Gasteiger partial charge in [-0.05, 0) is 65.9 Å². The second-order valence-electron chi connectivity index (χ2n) is 7.82. The standard InChI is InChI=1S/C26H26ClN3O2/c1-32-25-13-10-20(17-28-29-26(31)16-19-8-11-23(27)12-9-19)15-22(25)18-30-14-4-6-21-5-2-3-7-24(21)30/h2-3,5,7-13,15,17H,4,6,14,16,18H2,1H3,(H,29,31). The number of halogens is 1. The number of rotatable bonds is 7. The predicted molar refractivity (Wildman–Crippen MR) is 130 cm³/mol. The first-order valence-corrected chi connectivity index (χ1v) is 11.1. The summed E-state index contributed by atoms with van der Waals surface area (Å²) in [5, 5.41) is 4.78. The minimum Gasteiger partial charge on any atom is -0.496 e. The topological polar surface area (TPSA) is 53.9 Å². The van der Waals surface area contributed by atoms with Crippen LogP contribution in [-0.4, -0.2) is 25.8 Å². The van der Waals surface area contributed by atoms with E-state index < -0.39 is 0 Å². The number of hydrazone groups is 1. The molecule has 0 fully saturated rings. The highest BCUT2D eigenvalue weighted by Crippen LogP contribution is 2.30. The molecule has 6 heteroatoms. The molecule has 1 aliphatic heterocycles. The van der Waals surface area contributed by atoms with Crippen molar-refractivity contribution in [2.24, 2.45) is 5.10 Å². The summed E-state index contributed by atoms with van der Waals surface area (Å²) in [4.78, 5) is 14.5. The number of fused-ring (bicyclic) bond motifs is 1. The lowest BCUT2D eigenvalue weighted by Gasteiger charge is -2.31. The fourth-order valence-corrected chi connectivity index (χ4v) is 4.12. The second-order valence-corrected chi connectivity index (χ2v) is 8.26. The van der Waals surface area contributed by atoms with Gasteiger partial charge in [-0.25, -0.2) is 5.43 Å². The zero-order valence-electron chi connectivity index (χ0n) is 18.1. The van der Waals surface area contributed by atoms with Crippen molar-refractivity contribution in [1.82, 2.24) is 5.43 Å². The van der Waals surface area contributed by atoms with Crippen LogP contribution < -0.4 is 15.1 Å². The van der Waals surface area contributed by atoms with Crippen molar-refractivity contribution in [3.05, 3.63) is 94.0 Å². The number of anilines is 1. The van der Waals surface area contributed by atoms with Gasteiger partial charge in [0, 0.05) is 29.4 Å². The largest absolute Gasteiger partial charge is 0.496 e. The third kappa shape index (κ3) is 5.48. The predicted octanol–water partition coefficient (Wildman–Crippen LogP) is 4.99. The molecular formula is C26H26ClN3O2. The zero-order valence-corrected chi connectivity index (χ0v) is 18.8. The average Bonchev–Trinajstić information content (AvgIpc) is 2.81. The summed E-state index contributed by atoms with van der Waals surface area (Å²) in [6.07, 6.45) is 4.16. The minimum atomic E-state index is -0.178. The fraction of sp³-hybridized carbons (Fsp3) is 0.231. The molecule has 32 heavy (non-hydrogen) atoms. The molecule has 0 atom stereocenters. The van der Waals surface area contributed by atoms with Crippen LogP contribution in [0.3, 0.4) is 0 Å². The van der Waals surface area contributed by atoms with Gasteiger partial charge in [-0.2, -0.15) is 5.10 Å². The number of nitrogens with one attached hydrogen (secondary N) is 1. The van der Waals surface area contributed by atoms with Crippen molar-refractivity contribution in [3.63, 3.8) is 0 Å². The first kappa shape index (κ1) is 21.9. The van der Waals surface area contributed by atoms with E-state index in [0.29, 0.717) is 5.02 Å². The molecule has 0 aliphatic carbocycles. The minimum absolute atomic E-state index is 0.178. The van der Waals surface area contributed by atoms with Crippen molar-refractivity contribution < 1.29 is 9.53 Å². The van der Waals surface area contributed by atoms with Gasteiger partial charge < -0.3 is 9.64 Å². The summed E-state index contributed by atoms with van der Waals surface area (Å²) in [7, 11) is 1.69. The monoisotopic (exact) mass is 447 g/mol. The van der Waals surface area contributed by atoms with E-state index in [9.17, 15) is 4.79 Å². The van der Waals surface area contributed by atoms with Gasteiger partial charge in [0.1, 0.15) is 5.75 Å². The molecule has 4 rings (SSSR count). The number of amides is 1. The Bertz CT molecular complexity index is 1110. The highest BCUT2D eigenvalue weighted by Gasteiger charge is 2.18. The Morgan fingerprint density at radius 1 is 1.16 bits per heavy atom. The van der Waals surface area contributed by atoms with Gasteiger partial charge in [-0.3, -0.25) is 4.79 Å². The number of methoxy groups -OCH3 is 1. The van der Waals surface area contributed by atoms with Crippen LogP contribution >= 0.6 is 11.6 Å². The van der Waals surface area contributed by atoms with E-state index >= 15 is 0 Å². The van der Waals surface area contributed by atoms with Crippen molar-refractivity contribution in [2.45, 2.75) is 25.8 Å². The Kier molecular flexibility index (Phi) is 7.07. The summed E-state index contributed by atoms with van der Waals surface area (Å²) >= 11 is 5.88. The number of carbonyl (C=O) groups excluding carboxylic acids is 1. The van der Waals surface area contributed by atoms with E-state index in [1.165, 1.54) is 11.3 Å². The van der Waals surface area contributed by atoms with Gasteiger partial charge in [-0.15, -0.1) is 0 Å². The molecule has 0 bridgehead atoms. The van der Waals surface area contributed by atoms with Crippen molar-refractivity contribution in [1.29, 1.82) is 0 Å². The molecule has 0 unspecified atom stereocenters. The SMILES string of the molecule is COc1ccc(C=NNC(=O)Cc2ccc(Cl)cc2)cc1CN1CCCc2ccccc21. The maximum atomic E-state index is 12.2. The van der Waals surface area contributed by atoms with E-state index in [1.807, 2.05) is 24.3 Å². The van der Waals surface area contributed by atoms with Gasteiger partial charge in [0.05, 0.1) is 19.7 Å². The van der Waals surface area contributed by atoms with Crippen LogP contribution in [0, 0.1) is 0 Å². The summed E-state index contributed by atoms with van der Waals surface area (Å²) in [5.74, 6) is 0.666. The molecule has 0 saturated heterocycles. The number of hydrogen-bond acceptors (Lipinski definition) is 4. The zero-order chi connectivity index (χ0) is 22.3. The number of ether oxygens (including phenoxy) is 1. The number of benzene rings is 3. The maximum absolute atomic E-state index is 12.2. The van der Waals surface area contributed by atoms with Gasteiger partial charge >= 0.3 is 0 Å². The molecule has 0 radical (unpaired) electrons. The van der Waals surface area contributed by atoms with Crippen LogP contribution in [0.1, 0.15) is 28.7 Å². The Morgan fingerprint density at radius 3 is 2.78 bits per heavy atom. The van der Waals surface area contributed by atoms with Crippen LogP contribution in [0.4, 0.5) is 5.69 Å². The molecule has 1 aliphatic rings. The van der Waals surface area contributed by atoms with E-state index in [0.717, 1.165) is 48.4 Å². The molecular weight excluding hydrogens is 422 g/mol. The van der Waals surface area contributed by atoms with Gasteiger partial charge in [0.15, 0.2) is 0 Å². The van der Waals surface area contributed by atoms with Crippen LogP contribution in [0.15, 0.2) is 71.8 Å². The smallest absolute Gasteiger partial charge is 0.244 e. The van der Waals surface area contributed by atoms with E-state index in [-0.39, 0.29) is 12.3 Å². The average molecular weight is 448 g/mol. The normalized spacial score (nSPS) is 13.1. The molecule has 0 aromatic heterocycles. The van der Waals surface area contributed by atoms with E-state index in [4.69, 9.17) is 16.3 Å². The summed E-state index contributed by atoms with van der Waals surface area (Å²) in [6, 6.07) is 21.7. The lowest BCUT2D eigenvalue weighted by atomic mass is 10.0. The Hall–Kier alpha value is -3.31. The lowest BCUT2D eigenvalue weighted by molar-refractivity contribution is -0.120.